The predicted molar refractivity (Wildman–Crippen MR) is 101 cm³/mol. The van der Waals surface area contributed by atoms with Gasteiger partial charge in [-0.2, -0.15) is 0 Å². The minimum atomic E-state index is -4.02. The Balaban J connectivity index is 1.82. The second-order valence-electron chi connectivity index (χ2n) is 5.33. The molecule has 0 saturated heterocycles. The number of benzene rings is 2. The molecule has 1 heterocycles. The average Bonchev–Trinajstić information content (AvgIpc) is 3.05. The Bertz CT molecular complexity index is 1060. The Kier molecular flexibility index (Phi) is 5.30. The molecule has 0 aliphatic rings. The van der Waals surface area contributed by atoms with Gasteiger partial charge in [-0.25, -0.2) is 8.42 Å². The summed E-state index contributed by atoms with van der Waals surface area (Å²) >= 11 is 3.24. The van der Waals surface area contributed by atoms with Gasteiger partial charge in [-0.1, -0.05) is 34.1 Å². The van der Waals surface area contributed by atoms with Crippen LogP contribution in [0, 0.1) is 0 Å². The van der Waals surface area contributed by atoms with Gasteiger partial charge in [0.1, 0.15) is 10.6 Å². The fourth-order valence-corrected chi connectivity index (χ4v) is 3.99. The molecule has 3 rings (SSSR count). The number of aromatic amines is 1. The molecule has 3 aromatic rings. The van der Waals surface area contributed by atoms with Crippen molar-refractivity contribution in [3.05, 3.63) is 58.7 Å². The number of H-pyrrole nitrogens is 1. The minimum Gasteiger partial charge on any atom is -0.492 e. The number of ether oxygens (including phenoxy) is 1. The molecule has 0 unspecified atom stereocenters. The maximum atomic E-state index is 12.6. The van der Waals surface area contributed by atoms with E-state index >= 15 is 0 Å². The third-order valence-electron chi connectivity index (χ3n) is 3.63. The molecule has 0 atom stereocenters. The lowest BCUT2D eigenvalue weighted by Crippen LogP contribution is -2.41. The number of amides is 1. The first-order valence-electron chi connectivity index (χ1n) is 7.73. The molecule has 3 N–H and O–H groups in total. The summed E-state index contributed by atoms with van der Waals surface area (Å²) in [6, 6.07) is 11.9. The summed E-state index contributed by atoms with van der Waals surface area (Å²) < 4.78 is 31.1. The lowest BCUT2D eigenvalue weighted by Gasteiger charge is -2.12. The van der Waals surface area contributed by atoms with Crippen LogP contribution in [-0.2, 0) is 10.0 Å². The normalized spacial score (nSPS) is 11.5. The van der Waals surface area contributed by atoms with E-state index in [1.807, 2.05) is 12.1 Å². The van der Waals surface area contributed by atoms with Gasteiger partial charge >= 0.3 is 0 Å². The van der Waals surface area contributed by atoms with Crippen molar-refractivity contribution in [3.63, 3.8) is 0 Å². The second kappa shape index (κ2) is 7.48. The Hall–Kier alpha value is -2.36. The van der Waals surface area contributed by atoms with Crippen molar-refractivity contribution < 1.29 is 17.9 Å². The highest BCUT2D eigenvalue weighted by Crippen LogP contribution is 2.27. The van der Waals surface area contributed by atoms with Crippen molar-refractivity contribution in [1.82, 2.24) is 15.2 Å². The fraction of sp³-hybridized carbons (Fsp3) is 0.118. The van der Waals surface area contributed by atoms with E-state index in [-0.39, 0.29) is 10.6 Å². The summed E-state index contributed by atoms with van der Waals surface area (Å²) in [5.41, 5.74) is 3.36. The first-order valence-corrected chi connectivity index (χ1v) is 10.0. The fourth-order valence-electron chi connectivity index (χ4n) is 2.46. The van der Waals surface area contributed by atoms with Gasteiger partial charge in [0.15, 0.2) is 0 Å². The van der Waals surface area contributed by atoms with E-state index in [0.29, 0.717) is 22.0 Å². The summed E-state index contributed by atoms with van der Waals surface area (Å²) in [5.74, 6) is -0.372. The summed E-state index contributed by atoms with van der Waals surface area (Å²) in [6.07, 6.45) is 1.53. The molecule has 0 radical (unpaired) electrons. The smallest absolute Gasteiger partial charge is 0.268 e. The Morgan fingerprint density at radius 3 is 2.77 bits per heavy atom. The van der Waals surface area contributed by atoms with Crippen molar-refractivity contribution in [1.29, 1.82) is 0 Å². The molecule has 0 saturated carbocycles. The zero-order valence-corrected chi connectivity index (χ0v) is 16.1. The molecule has 9 heteroatoms. The monoisotopic (exact) mass is 437 g/mol. The van der Waals surface area contributed by atoms with E-state index in [1.54, 1.807) is 31.2 Å². The quantitative estimate of drug-likeness (QED) is 0.516. The van der Waals surface area contributed by atoms with Gasteiger partial charge in [-0.05, 0) is 31.2 Å². The van der Waals surface area contributed by atoms with Crippen molar-refractivity contribution in [2.24, 2.45) is 0 Å². The number of carbonyl (C=O) groups is 1. The highest BCUT2D eigenvalue weighted by Gasteiger charge is 2.22. The first kappa shape index (κ1) is 18.4. The van der Waals surface area contributed by atoms with Gasteiger partial charge in [-0.15, -0.1) is 4.83 Å². The third kappa shape index (κ3) is 3.74. The summed E-state index contributed by atoms with van der Waals surface area (Å²) in [4.78, 5) is 17.4. The number of aromatic nitrogens is 1. The lowest BCUT2D eigenvalue weighted by molar-refractivity contribution is 0.0946. The molecular formula is C17H16BrN3O4S. The maximum absolute atomic E-state index is 12.6. The van der Waals surface area contributed by atoms with Crippen molar-refractivity contribution >= 4 is 42.8 Å². The van der Waals surface area contributed by atoms with Crippen LogP contribution in [0.15, 0.2) is 58.0 Å². The van der Waals surface area contributed by atoms with Crippen molar-refractivity contribution in [3.8, 4) is 5.75 Å². The molecule has 1 aromatic heterocycles. The summed E-state index contributed by atoms with van der Waals surface area (Å²) in [6.45, 7) is 2.07. The highest BCUT2D eigenvalue weighted by atomic mass is 79.9. The topological polar surface area (TPSA) is 100 Å². The predicted octanol–water partition coefficient (Wildman–Crippen LogP) is 2.95. The number of hydrogen-bond acceptors (Lipinski definition) is 4. The van der Waals surface area contributed by atoms with Gasteiger partial charge in [0, 0.05) is 21.6 Å². The van der Waals surface area contributed by atoms with Crippen LogP contribution < -0.4 is 15.0 Å². The SMILES string of the molecule is CCOc1ccc(Br)cc1S(=O)(=O)NNC(=O)c1c[nH]c2ccccc12. The molecule has 2 aromatic carbocycles. The number of sulfonamides is 1. The van der Waals surface area contributed by atoms with E-state index in [2.05, 4.69) is 31.2 Å². The van der Waals surface area contributed by atoms with E-state index in [0.717, 1.165) is 5.52 Å². The van der Waals surface area contributed by atoms with Crippen LogP contribution in [0.5, 0.6) is 5.75 Å². The number of nitrogens with one attached hydrogen (secondary N) is 3. The van der Waals surface area contributed by atoms with E-state index in [9.17, 15) is 13.2 Å². The maximum Gasteiger partial charge on any atom is 0.268 e. The van der Waals surface area contributed by atoms with E-state index < -0.39 is 15.9 Å². The van der Waals surface area contributed by atoms with Crippen LogP contribution in [0.1, 0.15) is 17.3 Å². The molecule has 26 heavy (non-hydrogen) atoms. The van der Waals surface area contributed by atoms with Gasteiger partial charge in [0.25, 0.3) is 15.9 Å². The standard InChI is InChI=1S/C17H16BrN3O4S/c1-2-25-15-8-7-11(18)9-16(15)26(23,24)21-20-17(22)13-10-19-14-6-4-3-5-12(13)14/h3-10,19,21H,2H2,1H3,(H,20,22). The van der Waals surface area contributed by atoms with Crippen LogP contribution in [0.2, 0.25) is 0 Å². The summed E-state index contributed by atoms with van der Waals surface area (Å²) in [7, 11) is -4.02. The number of hydrazine groups is 1. The van der Waals surface area contributed by atoms with Crippen molar-refractivity contribution in [2.75, 3.05) is 6.61 Å². The van der Waals surface area contributed by atoms with Gasteiger partial charge in [-0.3, -0.25) is 10.2 Å². The van der Waals surface area contributed by atoms with Gasteiger partial charge in [0.05, 0.1) is 12.2 Å². The Labute approximate surface area is 158 Å². The number of para-hydroxylation sites is 1. The van der Waals surface area contributed by atoms with Gasteiger partial charge in [0.2, 0.25) is 0 Å². The summed E-state index contributed by atoms with van der Waals surface area (Å²) in [5, 5.41) is 0.696. The number of hydrogen-bond donors (Lipinski definition) is 3. The second-order valence-corrected chi connectivity index (χ2v) is 7.90. The van der Waals surface area contributed by atoms with Crippen LogP contribution in [0.3, 0.4) is 0 Å². The number of rotatable bonds is 6. The van der Waals surface area contributed by atoms with Crippen LogP contribution >= 0.6 is 15.9 Å². The molecule has 1 amide bonds. The number of carbonyl (C=O) groups excluding carboxylic acids is 1. The third-order valence-corrected chi connectivity index (χ3v) is 5.39. The molecule has 0 spiro atoms. The number of halogens is 1. The molecule has 136 valence electrons. The average molecular weight is 438 g/mol. The molecule has 0 aliphatic heterocycles. The van der Waals surface area contributed by atoms with Crippen LogP contribution in [-0.4, -0.2) is 25.9 Å². The minimum absolute atomic E-state index is 0.0760. The molecule has 7 nitrogen and oxygen atoms in total. The Morgan fingerprint density at radius 2 is 2.00 bits per heavy atom. The highest BCUT2D eigenvalue weighted by molar-refractivity contribution is 9.10. The lowest BCUT2D eigenvalue weighted by atomic mass is 10.2. The van der Waals surface area contributed by atoms with E-state index in [1.165, 1.54) is 12.3 Å². The molecule has 0 bridgehead atoms. The number of fused-ring (bicyclic) bond motifs is 1. The zero-order chi connectivity index (χ0) is 18.7. The van der Waals surface area contributed by atoms with Crippen LogP contribution in [0.4, 0.5) is 0 Å². The van der Waals surface area contributed by atoms with E-state index in [4.69, 9.17) is 4.74 Å². The largest absolute Gasteiger partial charge is 0.492 e. The van der Waals surface area contributed by atoms with Crippen molar-refractivity contribution in [2.45, 2.75) is 11.8 Å². The van der Waals surface area contributed by atoms with Crippen LogP contribution in [0.25, 0.3) is 10.9 Å². The Morgan fingerprint density at radius 1 is 1.23 bits per heavy atom. The molecule has 0 fully saturated rings. The van der Waals surface area contributed by atoms with Gasteiger partial charge < -0.3 is 9.72 Å². The molecular weight excluding hydrogens is 422 g/mol. The first-order chi connectivity index (χ1) is 12.4. The zero-order valence-electron chi connectivity index (χ0n) is 13.7. The molecule has 0 aliphatic carbocycles.